The number of rotatable bonds is 4. The van der Waals surface area contributed by atoms with E-state index in [9.17, 15) is 4.79 Å². The largest absolute Gasteiger partial charge is 0.367 e. The Labute approximate surface area is 84.1 Å². The summed E-state index contributed by atoms with van der Waals surface area (Å²) in [5, 5.41) is 5.55. The van der Waals surface area contributed by atoms with Gasteiger partial charge in [-0.2, -0.15) is 0 Å². The predicted octanol–water partition coefficient (Wildman–Crippen LogP) is 1.26. The van der Waals surface area contributed by atoms with Crippen LogP contribution in [0, 0.1) is 0 Å². The lowest BCUT2D eigenvalue weighted by atomic mass is 10.2. The molecule has 0 aliphatic rings. The van der Waals surface area contributed by atoms with Crippen LogP contribution in [0.1, 0.15) is 19.4 Å². The highest BCUT2D eigenvalue weighted by Gasteiger charge is 2.00. The summed E-state index contributed by atoms with van der Waals surface area (Å²) in [6.07, 6.45) is 4.67. The molecule has 4 heteroatoms. The zero-order valence-electron chi connectivity index (χ0n) is 8.63. The number of hydrogen-bond donors (Lipinski definition) is 3. The molecular weight excluding hydrogens is 178 g/mol. The van der Waals surface area contributed by atoms with Crippen LogP contribution in [0.3, 0.4) is 0 Å². The van der Waals surface area contributed by atoms with Crippen molar-refractivity contribution in [2.45, 2.75) is 26.3 Å². The summed E-state index contributed by atoms with van der Waals surface area (Å²) in [6.45, 7) is 4.54. The molecule has 1 aromatic rings. The van der Waals surface area contributed by atoms with Gasteiger partial charge in [-0.05, 0) is 31.9 Å². The zero-order valence-corrected chi connectivity index (χ0v) is 8.63. The second-order valence-electron chi connectivity index (χ2n) is 3.52. The van der Waals surface area contributed by atoms with Crippen LogP contribution in [0.15, 0.2) is 18.5 Å². The van der Waals surface area contributed by atoms with E-state index in [0.29, 0.717) is 6.54 Å². The van der Waals surface area contributed by atoms with Crippen LogP contribution < -0.4 is 10.6 Å². The average Bonchev–Trinajstić information content (AvgIpc) is 2.55. The van der Waals surface area contributed by atoms with Gasteiger partial charge in [0.05, 0.1) is 0 Å². The van der Waals surface area contributed by atoms with Crippen molar-refractivity contribution >= 4 is 6.03 Å². The predicted molar refractivity (Wildman–Crippen MR) is 56.2 cm³/mol. The van der Waals surface area contributed by atoms with Gasteiger partial charge in [-0.1, -0.05) is 0 Å². The Morgan fingerprint density at radius 3 is 2.93 bits per heavy atom. The summed E-state index contributed by atoms with van der Waals surface area (Å²) < 4.78 is 0. The van der Waals surface area contributed by atoms with E-state index in [2.05, 4.69) is 15.6 Å². The number of amides is 2. The molecule has 0 bridgehead atoms. The van der Waals surface area contributed by atoms with E-state index in [4.69, 9.17) is 0 Å². The molecule has 4 nitrogen and oxygen atoms in total. The summed E-state index contributed by atoms with van der Waals surface area (Å²) in [4.78, 5) is 14.1. The number of nitrogens with one attached hydrogen (secondary N) is 3. The highest BCUT2D eigenvalue weighted by Crippen LogP contribution is 1.95. The standard InChI is InChI=1S/C10H17N3O/c1-8(2)13-10(14)12-6-4-9-3-5-11-7-9/h3,5,7-8,11H,4,6H2,1-2H3,(H2,12,13,14). The van der Waals surface area contributed by atoms with Gasteiger partial charge in [0.25, 0.3) is 0 Å². The minimum atomic E-state index is -0.101. The lowest BCUT2D eigenvalue weighted by Gasteiger charge is -2.09. The van der Waals surface area contributed by atoms with E-state index in [1.165, 1.54) is 5.56 Å². The van der Waals surface area contributed by atoms with E-state index in [-0.39, 0.29) is 12.1 Å². The highest BCUT2D eigenvalue weighted by molar-refractivity contribution is 5.74. The molecule has 3 N–H and O–H groups in total. The van der Waals surface area contributed by atoms with E-state index in [0.717, 1.165) is 6.42 Å². The van der Waals surface area contributed by atoms with Crippen LogP contribution in [-0.4, -0.2) is 23.6 Å². The van der Waals surface area contributed by atoms with Crippen LogP contribution in [0.2, 0.25) is 0 Å². The molecule has 0 radical (unpaired) electrons. The van der Waals surface area contributed by atoms with Gasteiger partial charge in [0.2, 0.25) is 0 Å². The third-order valence-corrected chi connectivity index (χ3v) is 1.78. The topological polar surface area (TPSA) is 56.9 Å². The van der Waals surface area contributed by atoms with Gasteiger partial charge in [0.1, 0.15) is 0 Å². The Hall–Kier alpha value is -1.45. The minimum Gasteiger partial charge on any atom is -0.367 e. The van der Waals surface area contributed by atoms with Crippen molar-refractivity contribution in [3.05, 3.63) is 24.0 Å². The highest BCUT2D eigenvalue weighted by atomic mass is 16.2. The summed E-state index contributed by atoms with van der Waals surface area (Å²) >= 11 is 0. The minimum absolute atomic E-state index is 0.101. The maximum Gasteiger partial charge on any atom is 0.314 e. The number of H-pyrrole nitrogens is 1. The van der Waals surface area contributed by atoms with Crippen molar-refractivity contribution < 1.29 is 4.79 Å². The monoisotopic (exact) mass is 195 g/mol. The Balaban J connectivity index is 2.12. The summed E-state index contributed by atoms with van der Waals surface area (Å²) in [5.41, 5.74) is 1.20. The van der Waals surface area contributed by atoms with Crippen molar-refractivity contribution in [3.63, 3.8) is 0 Å². The van der Waals surface area contributed by atoms with Gasteiger partial charge >= 0.3 is 6.03 Å². The molecule has 0 aliphatic heterocycles. The fourth-order valence-corrected chi connectivity index (χ4v) is 1.15. The fourth-order valence-electron chi connectivity index (χ4n) is 1.15. The van der Waals surface area contributed by atoms with Crippen LogP contribution in [0.5, 0.6) is 0 Å². The number of aromatic amines is 1. The zero-order chi connectivity index (χ0) is 10.4. The molecule has 0 aromatic carbocycles. The molecule has 78 valence electrons. The third-order valence-electron chi connectivity index (χ3n) is 1.78. The third kappa shape index (κ3) is 3.98. The van der Waals surface area contributed by atoms with Gasteiger partial charge in [0, 0.05) is 25.0 Å². The number of carbonyl (C=O) groups is 1. The molecular formula is C10H17N3O. The molecule has 2 amide bonds. The smallest absolute Gasteiger partial charge is 0.314 e. The van der Waals surface area contributed by atoms with Crippen molar-refractivity contribution in [2.75, 3.05) is 6.54 Å². The summed E-state index contributed by atoms with van der Waals surface area (Å²) in [7, 11) is 0. The molecule has 0 saturated heterocycles. The van der Waals surface area contributed by atoms with Gasteiger partial charge in [0.15, 0.2) is 0 Å². The second kappa shape index (κ2) is 5.32. The lowest BCUT2D eigenvalue weighted by molar-refractivity contribution is 0.238. The van der Waals surface area contributed by atoms with Crippen molar-refractivity contribution in [2.24, 2.45) is 0 Å². The maximum atomic E-state index is 11.2. The van der Waals surface area contributed by atoms with E-state index >= 15 is 0 Å². The molecule has 0 atom stereocenters. The van der Waals surface area contributed by atoms with E-state index < -0.39 is 0 Å². The first-order valence-electron chi connectivity index (χ1n) is 4.84. The first kappa shape index (κ1) is 10.6. The molecule has 0 aliphatic carbocycles. The second-order valence-corrected chi connectivity index (χ2v) is 3.52. The molecule has 0 spiro atoms. The van der Waals surface area contributed by atoms with Crippen molar-refractivity contribution in [3.8, 4) is 0 Å². The SMILES string of the molecule is CC(C)NC(=O)NCCc1cc[nH]c1. The quantitative estimate of drug-likeness (QED) is 0.665. The first-order chi connectivity index (χ1) is 6.68. The molecule has 14 heavy (non-hydrogen) atoms. The van der Waals surface area contributed by atoms with Gasteiger partial charge in [-0.25, -0.2) is 4.79 Å². The maximum absolute atomic E-state index is 11.2. The van der Waals surface area contributed by atoms with Crippen molar-refractivity contribution in [1.29, 1.82) is 0 Å². The number of urea groups is 1. The molecule has 0 fully saturated rings. The van der Waals surface area contributed by atoms with Crippen LogP contribution in [0.4, 0.5) is 4.79 Å². The molecule has 0 unspecified atom stereocenters. The molecule has 1 aromatic heterocycles. The number of hydrogen-bond acceptors (Lipinski definition) is 1. The fraction of sp³-hybridized carbons (Fsp3) is 0.500. The average molecular weight is 195 g/mol. The Bertz CT molecular complexity index is 267. The van der Waals surface area contributed by atoms with Crippen LogP contribution >= 0.6 is 0 Å². The number of carbonyl (C=O) groups excluding carboxylic acids is 1. The summed E-state index contributed by atoms with van der Waals surface area (Å²) in [6, 6.07) is 2.08. The van der Waals surface area contributed by atoms with Crippen molar-refractivity contribution in [1.82, 2.24) is 15.6 Å². The van der Waals surface area contributed by atoms with Gasteiger partial charge in [-0.15, -0.1) is 0 Å². The summed E-state index contributed by atoms with van der Waals surface area (Å²) in [5.74, 6) is 0. The van der Waals surface area contributed by atoms with E-state index in [1.807, 2.05) is 32.3 Å². The van der Waals surface area contributed by atoms with Crippen LogP contribution in [0.25, 0.3) is 0 Å². The lowest BCUT2D eigenvalue weighted by Crippen LogP contribution is -2.40. The molecule has 1 rings (SSSR count). The normalized spacial score (nSPS) is 10.2. The van der Waals surface area contributed by atoms with E-state index in [1.54, 1.807) is 0 Å². The van der Waals surface area contributed by atoms with Crippen LogP contribution in [-0.2, 0) is 6.42 Å². The first-order valence-corrected chi connectivity index (χ1v) is 4.84. The van der Waals surface area contributed by atoms with Gasteiger partial charge < -0.3 is 15.6 Å². The molecule has 0 saturated carbocycles. The Morgan fingerprint density at radius 1 is 1.57 bits per heavy atom. The molecule has 1 heterocycles. The van der Waals surface area contributed by atoms with Gasteiger partial charge in [-0.3, -0.25) is 0 Å². The number of aromatic nitrogens is 1. The Kier molecular flexibility index (Phi) is 4.04. The Morgan fingerprint density at radius 2 is 2.36 bits per heavy atom.